The van der Waals surface area contributed by atoms with Gasteiger partial charge in [-0.2, -0.15) is 0 Å². The van der Waals surface area contributed by atoms with E-state index >= 15 is 0 Å². The van der Waals surface area contributed by atoms with E-state index in [0.717, 1.165) is 18.5 Å². The van der Waals surface area contributed by atoms with Gasteiger partial charge >= 0.3 is 0 Å². The lowest BCUT2D eigenvalue weighted by molar-refractivity contribution is 0.500. The highest BCUT2D eigenvalue weighted by Crippen LogP contribution is 2.22. The number of rotatable bonds is 5. The van der Waals surface area contributed by atoms with Crippen LogP contribution in [0.1, 0.15) is 5.89 Å². The first-order valence-corrected chi connectivity index (χ1v) is 7.79. The molecule has 1 aromatic heterocycles. The number of likely N-dealkylation sites (N-methyl/N-ethyl adjacent to an activating group) is 1. The molecule has 0 aliphatic heterocycles. The van der Waals surface area contributed by atoms with Crippen molar-refractivity contribution in [2.75, 3.05) is 19.8 Å². The van der Waals surface area contributed by atoms with Gasteiger partial charge < -0.3 is 9.73 Å². The van der Waals surface area contributed by atoms with Gasteiger partial charge in [-0.25, -0.2) is 13.4 Å². The Morgan fingerprint density at radius 1 is 1.26 bits per heavy atom. The van der Waals surface area contributed by atoms with Crippen molar-refractivity contribution in [1.82, 2.24) is 10.3 Å². The van der Waals surface area contributed by atoms with Crippen LogP contribution in [0.4, 0.5) is 0 Å². The fourth-order valence-electron chi connectivity index (χ4n) is 1.66. The molecule has 1 aromatic carbocycles. The summed E-state index contributed by atoms with van der Waals surface area (Å²) < 4.78 is 28.3. The van der Waals surface area contributed by atoms with Crippen LogP contribution < -0.4 is 5.32 Å². The summed E-state index contributed by atoms with van der Waals surface area (Å²) in [6, 6.07) is 6.58. The van der Waals surface area contributed by atoms with E-state index in [4.69, 9.17) is 4.42 Å². The highest BCUT2D eigenvalue weighted by atomic mass is 32.2. The van der Waals surface area contributed by atoms with Crippen molar-refractivity contribution in [1.29, 1.82) is 0 Å². The number of hydrogen-bond acceptors (Lipinski definition) is 5. The first-order chi connectivity index (χ1) is 9.00. The fraction of sp³-hybridized carbons (Fsp3) is 0.308. The summed E-state index contributed by atoms with van der Waals surface area (Å²) in [4.78, 5) is 4.47. The van der Waals surface area contributed by atoms with Gasteiger partial charge in [-0.15, -0.1) is 0 Å². The number of sulfone groups is 1. The smallest absolute Gasteiger partial charge is 0.196 e. The maximum absolute atomic E-state index is 11.4. The summed E-state index contributed by atoms with van der Waals surface area (Å²) in [6.45, 7) is 0.799. The van der Waals surface area contributed by atoms with Crippen LogP contribution in [-0.2, 0) is 16.3 Å². The Bertz CT molecular complexity index is 645. The summed E-state index contributed by atoms with van der Waals surface area (Å²) >= 11 is 0. The molecule has 0 spiro atoms. The molecule has 0 radical (unpaired) electrons. The van der Waals surface area contributed by atoms with Crippen molar-refractivity contribution in [3.63, 3.8) is 0 Å². The van der Waals surface area contributed by atoms with Crippen LogP contribution in [0, 0.1) is 0 Å². The van der Waals surface area contributed by atoms with E-state index in [9.17, 15) is 8.42 Å². The van der Waals surface area contributed by atoms with Crippen LogP contribution in [0.25, 0.3) is 11.3 Å². The Hall–Kier alpha value is -1.66. The van der Waals surface area contributed by atoms with Gasteiger partial charge in [0.15, 0.2) is 21.5 Å². The van der Waals surface area contributed by atoms with E-state index in [0.29, 0.717) is 16.5 Å². The first-order valence-electron chi connectivity index (χ1n) is 5.90. The van der Waals surface area contributed by atoms with Crippen LogP contribution in [0.5, 0.6) is 0 Å². The molecule has 0 atom stereocenters. The van der Waals surface area contributed by atoms with Gasteiger partial charge in [0.25, 0.3) is 0 Å². The maximum atomic E-state index is 11.4. The van der Waals surface area contributed by atoms with Crippen molar-refractivity contribution < 1.29 is 12.8 Å². The highest BCUT2D eigenvalue weighted by Gasteiger charge is 2.09. The number of benzene rings is 1. The quantitative estimate of drug-likeness (QED) is 0.898. The van der Waals surface area contributed by atoms with Crippen LogP contribution in [0.3, 0.4) is 0 Å². The molecular weight excluding hydrogens is 264 g/mol. The standard InChI is InChI=1S/C13H16N2O3S/c1-14-8-7-13-15-9-12(18-13)10-3-5-11(6-4-10)19(2,16)17/h3-6,9,14H,7-8H2,1-2H3. The molecule has 1 N–H and O–H groups in total. The zero-order valence-corrected chi connectivity index (χ0v) is 11.7. The lowest BCUT2D eigenvalue weighted by Gasteiger charge is -2.00. The third-order valence-electron chi connectivity index (χ3n) is 2.71. The Balaban J connectivity index is 2.20. The minimum atomic E-state index is -3.16. The molecule has 0 saturated heterocycles. The summed E-state index contributed by atoms with van der Waals surface area (Å²) in [6.07, 6.45) is 3.56. The van der Waals surface area contributed by atoms with Gasteiger partial charge in [0.2, 0.25) is 0 Å². The highest BCUT2D eigenvalue weighted by molar-refractivity contribution is 7.90. The monoisotopic (exact) mass is 280 g/mol. The van der Waals surface area contributed by atoms with E-state index in [1.54, 1.807) is 30.5 Å². The molecule has 0 saturated carbocycles. The molecule has 6 heteroatoms. The minimum absolute atomic E-state index is 0.297. The Morgan fingerprint density at radius 3 is 2.53 bits per heavy atom. The number of oxazole rings is 1. The second-order valence-corrected chi connectivity index (χ2v) is 6.28. The molecule has 5 nitrogen and oxygen atoms in total. The predicted molar refractivity (Wildman–Crippen MR) is 72.7 cm³/mol. The molecule has 19 heavy (non-hydrogen) atoms. The van der Waals surface area contributed by atoms with Gasteiger partial charge in [-0.1, -0.05) is 0 Å². The van der Waals surface area contributed by atoms with Crippen molar-refractivity contribution >= 4 is 9.84 Å². The van der Waals surface area contributed by atoms with Crippen molar-refractivity contribution in [2.24, 2.45) is 0 Å². The maximum Gasteiger partial charge on any atom is 0.196 e. The average Bonchev–Trinajstić information content (AvgIpc) is 2.84. The van der Waals surface area contributed by atoms with Crippen LogP contribution >= 0.6 is 0 Å². The molecule has 0 bridgehead atoms. The molecule has 0 unspecified atom stereocenters. The predicted octanol–water partition coefficient (Wildman–Crippen LogP) is 1.51. The molecule has 1 heterocycles. The fourth-order valence-corrected chi connectivity index (χ4v) is 2.29. The van der Waals surface area contributed by atoms with Crippen molar-refractivity contribution in [2.45, 2.75) is 11.3 Å². The van der Waals surface area contributed by atoms with Gasteiger partial charge in [-0.3, -0.25) is 0 Å². The van der Waals surface area contributed by atoms with Crippen molar-refractivity contribution in [3.8, 4) is 11.3 Å². The SMILES string of the molecule is CNCCc1ncc(-c2ccc(S(C)(=O)=O)cc2)o1. The topological polar surface area (TPSA) is 72.2 Å². The Kier molecular flexibility index (Phi) is 4.01. The Morgan fingerprint density at radius 2 is 1.95 bits per heavy atom. The summed E-state index contributed by atoms with van der Waals surface area (Å²) in [5.74, 6) is 1.31. The second kappa shape index (κ2) is 5.54. The normalized spacial score (nSPS) is 11.7. The van der Waals surface area contributed by atoms with Gasteiger partial charge in [0, 0.05) is 24.8 Å². The third-order valence-corrected chi connectivity index (χ3v) is 3.84. The van der Waals surface area contributed by atoms with Gasteiger partial charge in [0.1, 0.15) is 0 Å². The van der Waals surface area contributed by atoms with E-state index < -0.39 is 9.84 Å². The van der Waals surface area contributed by atoms with Gasteiger partial charge in [0.05, 0.1) is 11.1 Å². The Labute approximate surface area is 112 Å². The van der Waals surface area contributed by atoms with E-state index in [-0.39, 0.29) is 0 Å². The molecular formula is C13H16N2O3S. The molecule has 0 amide bonds. The summed E-state index contributed by atoms with van der Waals surface area (Å²) in [7, 11) is -1.29. The third kappa shape index (κ3) is 3.42. The molecule has 2 rings (SSSR count). The van der Waals surface area contributed by atoms with Crippen molar-refractivity contribution in [3.05, 3.63) is 36.4 Å². The van der Waals surface area contributed by atoms with E-state index in [1.165, 1.54) is 6.26 Å². The number of aromatic nitrogens is 1. The molecule has 0 aliphatic rings. The minimum Gasteiger partial charge on any atom is -0.441 e. The van der Waals surface area contributed by atoms with E-state index in [1.807, 2.05) is 7.05 Å². The van der Waals surface area contributed by atoms with Crippen LogP contribution in [0.2, 0.25) is 0 Å². The zero-order chi connectivity index (χ0) is 13.9. The lowest BCUT2D eigenvalue weighted by atomic mass is 10.2. The number of hydrogen-bond donors (Lipinski definition) is 1. The molecule has 102 valence electrons. The van der Waals surface area contributed by atoms with Crippen LogP contribution in [0.15, 0.2) is 39.8 Å². The summed E-state index contributed by atoms with van der Waals surface area (Å²) in [5, 5.41) is 3.02. The first kappa shape index (κ1) is 13.8. The second-order valence-electron chi connectivity index (χ2n) is 4.27. The largest absolute Gasteiger partial charge is 0.441 e. The average molecular weight is 280 g/mol. The summed E-state index contributed by atoms with van der Waals surface area (Å²) in [5.41, 5.74) is 0.815. The molecule has 2 aromatic rings. The van der Waals surface area contributed by atoms with Crippen LogP contribution in [-0.4, -0.2) is 33.2 Å². The van der Waals surface area contributed by atoms with E-state index in [2.05, 4.69) is 10.3 Å². The van der Waals surface area contributed by atoms with Gasteiger partial charge in [-0.05, 0) is 31.3 Å². The molecule has 0 aliphatic carbocycles. The molecule has 0 fully saturated rings. The lowest BCUT2D eigenvalue weighted by Crippen LogP contribution is -2.10. The number of nitrogens with zero attached hydrogens (tertiary/aromatic N) is 1. The number of nitrogens with one attached hydrogen (secondary N) is 1. The zero-order valence-electron chi connectivity index (χ0n) is 10.9.